The van der Waals surface area contributed by atoms with Gasteiger partial charge in [0.05, 0.1) is 6.61 Å². The van der Waals surface area contributed by atoms with Gasteiger partial charge in [-0.2, -0.15) is 0 Å². The number of rotatable bonds is 6. The smallest absolute Gasteiger partial charge is 0.190 e. The highest BCUT2D eigenvalue weighted by molar-refractivity contribution is 5.47. The predicted molar refractivity (Wildman–Crippen MR) is 161 cm³/mol. The normalized spacial score (nSPS) is 31.4. The van der Waals surface area contributed by atoms with Gasteiger partial charge in [-0.1, -0.05) is 104 Å². The molecular formula is C37H42O6. The summed E-state index contributed by atoms with van der Waals surface area (Å²) in [5, 5.41) is 0. The van der Waals surface area contributed by atoms with Gasteiger partial charge in [-0.3, -0.25) is 0 Å². The number of benzene rings is 3. The second kappa shape index (κ2) is 11.4. The Kier molecular flexibility index (Phi) is 7.41. The van der Waals surface area contributed by atoms with Crippen LogP contribution in [0.5, 0.6) is 0 Å². The zero-order valence-electron chi connectivity index (χ0n) is 24.8. The van der Waals surface area contributed by atoms with Crippen molar-refractivity contribution >= 4 is 0 Å². The number of ether oxygens (including phenoxy) is 6. The van der Waals surface area contributed by atoms with Crippen molar-refractivity contribution in [3.05, 3.63) is 108 Å². The monoisotopic (exact) mass is 582 g/mol. The molecule has 6 heteroatoms. The lowest BCUT2D eigenvalue weighted by molar-refractivity contribution is -0.267. The molecule has 5 atom stereocenters. The molecule has 3 heterocycles. The Morgan fingerprint density at radius 2 is 1.07 bits per heavy atom. The molecule has 8 rings (SSSR count). The first kappa shape index (κ1) is 27.9. The lowest BCUT2D eigenvalue weighted by Gasteiger charge is -2.41. The van der Waals surface area contributed by atoms with Crippen LogP contribution in [0.25, 0.3) is 0 Å². The van der Waals surface area contributed by atoms with E-state index in [1.165, 1.54) is 12.8 Å². The third-order valence-electron chi connectivity index (χ3n) is 10.2. The van der Waals surface area contributed by atoms with Gasteiger partial charge in [-0.05, 0) is 42.4 Å². The topological polar surface area (TPSA) is 55.4 Å². The van der Waals surface area contributed by atoms with E-state index in [-0.39, 0.29) is 12.2 Å². The van der Waals surface area contributed by atoms with Crippen molar-refractivity contribution in [2.45, 2.75) is 112 Å². The van der Waals surface area contributed by atoms with Crippen LogP contribution < -0.4 is 0 Å². The first-order valence-corrected chi connectivity index (χ1v) is 16.4. The largest absolute Gasteiger partial charge is 0.352 e. The van der Waals surface area contributed by atoms with Gasteiger partial charge in [-0.25, -0.2) is 0 Å². The summed E-state index contributed by atoms with van der Waals surface area (Å²) in [5.41, 5.74) is 2.23. The molecule has 2 aliphatic carbocycles. The summed E-state index contributed by atoms with van der Waals surface area (Å²) < 4.78 is 41.3. The third kappa shape index (κ3) is 4.97. The van der Waals surface area contributed by atoms with Crippen LogP contribution in [-0.4, -0.2) is 48.9 Å². The summed E-state index contributed by atoms with van der Waals surface area (Å²) in [7, 11) is 0. The second-order valence-electron chi connectivity index (χ2n) is 12.9. The van der Waals surface area contributed by atoms with Crippen molar-refractivity contribution in [2.24, 2.45) is 0 Å². The SMILES string of the molecule is c1ccc(C(O[C@@H]2[C@H]([C@@H]3COC4(CCCCC4)O3)O[C@H]3OC4(CCCCC4)O[C@@H]32)(c2ccccc2)c2ccccc2)cc1. The maximum absolute atomic E-state index is 7.64. The average molecular weight is 583 g/mol. The van der Waals surface area contributed by atoms with Crippen molar-refractivity contribution in [3.8, 4) is 0 Å². The van der Waals surface area contributed by atoms with Gasteiger partial charge in [-0.15, -0.1) is 0 Å². The molecule has 0 radical (unpaired) electrons. The van der Waals surface area contributed by atoms with E-state index in [1.807, 2.05) is 0 Å². The Hall–Kier alpha value is -2.58. The van der Waals surface area contributed by atoms with Crippen molar-refractivity contribution in [1.82, 2.24) is 0 Å². The summed E-state index contributed by atoms with van der Waals surface area (Å²) in [4.78, 5) is 0. The van der Waals surface area contributed by atoms with Crippen molar-refractivity contribution < 1.29 is 28.4 Å². The first-order chi connectivity index (χ1) is 21.2. The summed E-state index contributed by atoms with van der Waals surface area (Å²) in [6.45, 7) is 0.476. The molecule has 3 aromatic carbocycles. The van der Waals surface area contributed by atoms with Crippen LogP contribution in [0.3, 0.4) is 0 Å². The third-order valence-corrected chi connectivity index (χ3v) is 10.2. The number of fused-ring (bicyclic) bond motifs is 1. The minimum absolute atomic E-state index is 0.275. The summed E-state index contributed by atoms with van der Waals surface area (Å²) in [6, 6.07) is 31.6. The molecule has 3 saturated heterocycles. The van der Waals surface area contributed by atoms with Crippen LogP contribution in [0.15, 0.2) is 91.0 Å². The minimum atomic E-state index is -0.918. The minimum Gasteiger partial charge on any atom is -0.352 e. The summed E-state index contributed by atoms with van der Waals surface area (Å²) >= 11 is 0. The van der Waals surface area contributed by atoms with E-state index in [2.05, 4.69) is 91.0 Å². The fraction of sp³-hybridized carbons (Fsp3) is 0.514. The van der Waals surface area contributed by atoms with E-state index in [9.17, 15) is 0 Å². The van der Waals surface area contributed by atoms with E-state index >= 15 is 0 Å². The molecule has 6 nitrogen and oxygen atoms in total. The Morgan fingerprint density at radius 1 is 0.558 bits per heavy atom. The zero-order valence-corrected chi connectivity index (χ0v) is 24.8. The fourth-order valence-corrected chi connectivity index (χ4v) is 8.14. The maximum Gasteiger partial charge on any atom is 0.190 e. The molecule has 0 unspecified atom stereocenters. The molecule has 0 aromatic heterocycles. The second-order valence-corrected chi connectivity index (χ2v) is 12.9. The molecule has 0 bridgehead atoms. The van der Waals surface area contributed by atoms with Gasteiger partial charge in [0.2, 0.25) is 0 Å². The van der Waals surface area contributed by atoms with Crippen LogP contribution in [0.1, 0.15) is 80.9 Å². The zero-order chi connectivity index (χ0) is 28.7. The van der Waals surface area contributed by atoms with Crippen LogP contribution in [0, 0.1) is 0 Å². The van der Waals surface area contributed by atoms with Crippen molar-refractivity contribution in [1.29, 1.82) is 0 Å². The molecule has 0 N–H and O–H groups in total. The molecule has 5 fully saturated rings. The molecule has 3 aromatic rings. The van der Waals surface area contributed by atoms with Crippen molar-refractivity contribution in [3.63, 3.8) is 0 Å². The lowest BCUT2D eigenvalue weighted by atomic mass is 9.79. The van der Waals surface area contributed by atoms with Crippen LogP contribution in [0.4, 0.5) is 0 Å². The van der Waals surface area contributed by atoms with Gasteiger partial charge in [0, 0.05) is 25.7 Å². The van der Waals surface area contributed by atoms with E-state index in [1.54, 1.807) is 0 Å². The van der Waals surface area contributed by atoms with Crippen LogP contribution in [0.2, 0.25) is 0 Å². The molecule has 3 aliphatic heterocycles. The Bertz CT molecular complexity index is 1250. The van der Waals surface area contributed by atoms with Gasteiger partial charge < -0.3 is 28.4 Å². The highest BCUT2D eigenvalue weighted by Gasteiger charge is 2.63. The predicted octanol–water partition coefficient (Wildman–Crippen LogP) is 7.24. The maximum atomic E-state index is 7.64. The van der Waals surface area contributed by atoms with E-state index in [4.69, 9.17) is 28.4 Å². The Labute approximate surface area is 254 Å². The fourth-order valence-electron chi connectivity index (χ4n) is 8.14. The molecule has 226 valence electrons. The Morgan fingerprint density at radius 3 is 1.60 bits per heavy atom. The Balaban J connectivity index is 1.22. The van der Waals surface area contributed by atoms with Gasteiger partial charge in [0.15, 0.2) is 17.9 Å². The number of hydrogen-bond acceptors (Lipinski definition) is 6. The van der Waals surface area contributed by atoms with Gasteiger partial charge >= 0.3 is 0 Å². The number of hydrogen-bond donors (Lipinski definition) is 0. The molecular weight excluding hydrogens is 540 g/mol. The van der Waals surface area contributed by atoms with Gasteiger partial charge in [0.1, 0.15) is 30.0 Å². The van der Waals surface area contributed by atoms with Crippen LogP contribution in [-0.2, 0) is 34.0 Å². The average Bonchev–Trinajstić information content (AvgIpc) is 3.73. The van der Waals surface area contributed by atoms with Crippen LogP contribution >= 0.6 is 0 Å². The molecule has 5 aliphatic rings. The standard InChI is InChI=1S/C37H42O6/c1-6-16-27(17-7-1)37(28-18-8-2-9-19-28,29-20-10-3-11-21-29)42-32-31(30-26-38-35(40-30)22-12-4-13-23-35)39-34-33(32)41-36(43-34)24-14-5-15-25-36/h1-3,6-11,16-21,30-34H,4-5,12-15,22-26H2/t30-,31-,32+,33+,34-/m0/s1. The van der Waals surface area contributed by atoms with Gasteiger partial charge in [0.25, 0.3) is 0 Å². The molecule has 2 spiro atoms. The summed E-state index contributed by atoms with van der Waals surface area (Å²) in [6.07, 6.45) is 8.45. The van der Waals surface area contributed by atoms with E-state index in [0.717, 1.165) is 68.1 Å². The highest BCUT2D eigenvalue weighted by Crippen LogP contribution is 2.51. The van der Waals surface area contributed by atoms with Crippen molar-refractivity contribution in [2.75, 3.05) is 6.61 Å². The molecule has 43 heavy (non-hydrogen) atoms. The molecule has 0 amide bonds. The molecule has 2 saturated carbocycles. The first-order valence-electron chi connectivity index (χ1n) is 16.4. The van der Waals surface area contributed by atoms with E-state index in [0.29, 0.717) is 6.61 Å². The lowest BCUT2D eigenvalue weighted by Crippen LogP contribution is -2.50. The highest BCUT2D eigenvalue weighted by atomic mass is 16.9. The van der Waals surface area contributed by atoms with E-state index < -0.39 is 35.7 Å². The quantitative estimate of drug-likeness (QED) is 0.286. The summed E-state index contributed by atoms with van der Waals surface area (Å²) in [5.74, 6) is -1.12.